The Morgan fingerprint density at radius 3 is 2.62 bits per heavy atom. The molecule has 3 rings (SSSR count). The van der Waals surface area contributed by atoms with E-state index in [1.165, 1.54) is 0 Å². The summed E-state index contributed by atoms with van der Waals surface area (Å²) >= 11 is 0. The summed E-state index contributed by atoms with van der Waals surface area (Å²) in [4.78, 5) is 11.5. The van der Waals surface area contributed by atoms with Gasteiger partial charge < -0.3 is 9.47 Å². The van der Waals surface area contributed by atoms with Crippen molar-refractivity contribution in [3.8, 4) is 5.75 Å². The van der Waals surface area contributed by atoms with Gasteiger partial charge in [0, 0.05) is 0 Å². The van der Waals surface area contributed by atoms with Crippen LogP contribution in [0.25, 0.3) is 0 Å². The van der Waals surface area contributed by atoms with Gasteiger partial charge in [-0.25, -0.2) is 0 Å². The molecule has 21 heavy (non-hydrogen) atoms. The van der Waals surface area contributed by atoms with E-state index < -0.39 is 0 Å². The number of rotatable bonds is 5. The lowest BCUT2D eigenvalue weighted by atomic mass is 9.98. The summed E-state index contributed by atoms with van der Waals surface area (Å²) in [5, 5.41) is 0. The van der Waals surface area contributed by atoms with Crippen molar-refractivity contribution in [2.24, 2.45) is 5.92 Å². The van der Waals surface area contributed by atoms with E-state index in [0.29, 0.717) is 13.2 Å². The van der Waals surface area contributed by atoms with Gasteiger partial charge in [-0.2, -0.15) is 0 Å². The standard InChI is InChI=1S/C18H18O3/c19-18-16(9-10-20-18)11-15-7-4-8-17(12-15)21-13-14-5-2-1-3-6-14/h1-8,12,16H,9-11,13H2. The van der Waals surface area contributed by atoms with Crippen molar-refractivity contribution in [1.82, 2.24) is 0 Å². The quantitative estimate of drug-likeness (QED) is 0.789. The van der Waals surface area contributed by atoms with Gasteiger partial charge in [0.15, 0.2) is 0 Å². The van der Waals surface area contributed by atoms with Crippen molar-refractivity contribution in [2.45, 2.75) is 19.4 Å². The number of ether oxygens (including phenoxy) is 2. The predicted octanol–water partition coefficient (Wildman–Crippen LogP) is 3.37. The third-order valence-corrected chi connectivity index (χ3v) is 3.67. The number of benzene rings is 2. The molecule has 1 fully saturated rings. The van der Waals surface area contributed by atoms with Gasteiger partial charge in [-0.3, -0.25) is 4.79 Å². The fraction of sp³-hybridized carbons (Fsp3) is 0.278. The number of carbonyl (C=O) groups excluding carboxylic acids is 1. The first-order valence-electron chi connectivity index (χ1n) is 7.23. The van der Waals surface area contributed by atoms with Gasteiger partial charge in [-0.05, 0) is 36.1 Å². The Labute approximate surface area is 124 Å². The van der Waals surface area contributed by atoms with Crippen molar-refractivity contribution in [1.29, 1.82) is 0 Å². The highest BCUT2D eigenvalue weighted by atomic mass is 16.5. The average Bonchev–Trinajstić information content (AvgIpc) is 2.92. The Morgan fingerprint density at radius 1 is 1.05 bits per heavy atom. The third kappa shape index (κ3) is 3.63. The molecule has 2 aromatic rings. The highest BCUT2D eigenvalue weighted by Crippen LogP contribution is 2.22. The fourth-order valence-electron chi connectivity index (χ4n) is 2.51. The molecule has 1 saturated heterocycles. The van der Waals surface area contributed by atoms with E-state index in [1.54, 1.807) is 0 Å². The molecule has 3 nitrogen and oxygen atoms in total. The summed E-state index contributed by atoms with van der Waals surface area (Å²) in [6.07, 6.45) is 1.54. The van der Waals surface area contributed by atoms with Crippen LogP contribution in [-0.4, -0.2) is 12.6 Å². The first kappa shape index (κ1) is 13.7. The summed E-state index contributed by atoms with van der Waals surface area (Å²) in [7, 11) is 0. The lowest BCUT2D eigenvalue weighted by Gasteiger charge is -2.09. The number of hydrogen-bond donors (Lipinski definition) is 0. The van der Waals surface area contributed by atoms with Crippen LogP contribution in [0, 0.1) is 5.92 Å². The van der Waals surface area contributed by atoms with Gasteiger partial charge in [-0.15, -0.1) is 0 Å². The zero-order valence-corrected chi connectivity index (χ0v) is 11.8. The van der Waals surface area contributed by atoms with Crippen LogP contribution in [0.4, 0.5) is 0 Å². The minimum atomic E-state index is -0.0781. The predicted molar refractivity (Wildman–Crippen MR) is 80.0 cm³/mol. The molecule has 108 valence electrons. The summed E-state index contributed by atoms with van der Waals surface area (Å²) in [6, 6.07) is 18.0. The molecule has 0 aromatic heterocycles. The molecule has 0 spiro atoms. The second-order valence-corrected chi connectivity index (χ2v) is 5.28. The highest BCUT2D eigenvalue weighted by Gasteiger charge is 2.26. The minimum absolute atomic E-state index is 0.00521. The molecule has 1 heterocycles. The van der Waals surface area contributed by atoms with Gasteiger partial charge in [-0.1, -0.05) is 42.5 Å². The van der Waals surface area contributed by atoms with Crippen LogP contribution in [0.2, 0.25) is 0 Å². The lowest BCUT2D eigenvalue weighted by Crippen LogP contribution is -2.10. The first-order chi connectivity index (χ1) is 10.3. The van der Waals surface area contributed by atoms with E-state index in [0.717, 1.165) is 29.7 Å². The first-order valence-corrected chi connectivity index (χ1v) is 7.23. The Morgan fingerprint density at radius 2 is 1.86 bits per heavy atom. The van der Waals surface area contributed by atoms with Crippen LogP contribution in [0.1, 0.15) is 17.5 Å². The number of esters is 1. The maximum atomic E-state index is 11.5. The van der Waals surface area contributed by atoms with Gasteiger partial charge in [0.05, 0.1) is 12.5 Å². The topological polar surface area (TPSA) is 35.5 Å². The zero-order valence-electron chi connectivity index (χ0n) is 11.8. The second-order valence-electron chi connectivity index (χ2n) is 5.28. The second kappa shape index (κ2) is 6.44. The molecule has 0 N–H and O–H groups in total. The van der Waals surface area contributed by atoms with Crippen LogP contribution >= 0.6 is 0 Å². The van der Waals surface area contributed by atoms with E-state index in [-0.39, 0.29) is 11.9 Å². The minimum Gasteiger partial charge on any atom is -0.489 e. The Balaban J connectivity index is 1.61. The van der Waals surface area contributed by atoms with Gasteiger partial charge in [0.2, 0.25) is 0 Å². The van der Waals surface area contributed by atoms with Gasteiger partial charge in [0.25, 0.3) is 0 Å². The maximum Gasteiger partial charge on any atom is 0.309 e. The fourth-order valence-corrected chi connectivity index (χ4v) is 2.51. The summed E-state index contributed by atoms with van der Waals surface area (Å²) in [5.41, 5.74) is 2.26. The van der Waals surface area contributed by atoms with Crippen LogP contribution in [0.5, 0.6) is 5.75 Å². The molecule has 2 aromatic carbocycles. The highest BCUT2D eigenvalue weighted by molar-refractivity contribution is 5.74. The van der Waals surface area contributed by atoms with Crippen molar-refractivity contribution >= 4 is 5.97 Å². The smallest absolute Gasteiger partial charge is 0.309 e. The Hall–Kier alpha value is -2.29. The Kier molecular flexibility index (Phi) is 4.20. The number of hydrogen-bond acceptors (Lipinski definition) is 3. The zero-order chi connectivity index (χ0) is 14.5. The van der Waals surface area contributed by atoms with Crippen LogP contribution < -0.4 is 4.74 Å². The van der Waals surface area contributed by atoms with Crippen LogP contribution in [-0.2, 0) is 22.6 Å². The lowest BCUT2D eigenvalue weighted by molar-refractivity contribution is -0.141. The normalized spacial score (nSPS) is 17.5. The van der Waals surface area contributed by atoms with Crippen molar-refractivity contribution in [2.75, 3.05) is 6.61 Å². The molecule has 0 amide bonds. The van der Waals surface area contributed by atoms with Crippen molar-refractivity contribution in [3.63, 3.8) is 0 Å². The van der Waals surface area contributed by atoms with E-state index in [4.69, 9.17) is 9.47 Å². The van der Waals surface area contributed by atoms with Gasteiger partial charge in [0.1, 0.15) is 12.4 Å². The largest absolute Gasteiger partial charge is 0.489 e. The number of cyclic esters (lactones) is 1. The van der Waals surface area contributed by atoms with Crippen molar-refractivity contribution < 1.29 is 14.3 Å². The summed E-state index contributed by atoms with van der Waals surface area (Å²) in [5.74, 6) is 0.752. The number of carbonyl (C=O) groups is 1. The molecule has 1 atom stereocenters. The summed E-state index contributed by atoms with van der Waals surface area (Å²) < 4.78 is 10.8. The summed E-state index contributed by atoms with van der Waals surface area (Å²) in [6.45, 7) is 1.10. The van der Waals surface area contributed by atoms with E-state index in [1.807, 2.05) is 54.6 Å². The molecule has 1 unspecified atom stereocenters. The van der Waals surface area contributed by atoms with E-state index in [9.17, 15) is 4.79 Å². The SMILES string of the molecule is O=C1OCCC1Cc1cccc(OCc2ccccc2)c1. The molecular formula is C18H18O3. The molecule has 0 bridgehead atoms. The molecule has 1 aliphatic rings. The molecule has 1 aliphatic heterocycles. The van der Waals surface area contributed by atoms with Crippen LogP contribution in [0.3, 0.4) is 0 Å². The van der Waals surface area contributed by atoms with E-state index >= 15 is 0 Å². The molecule has 3 heteroatoms. The Bertz CT molecular complexity index is 607. The van der Waals surface area contributed by atoms with E-state index in [2.05, 4.69) is 0 Å². The monoisotopic (exact) mass is 282 g/mol. The van der Waals surface area contributed by atoms with Gasteiger partial charge >= 0.3 is 5.97 Å². The van der Waals surface area contributed by atoms with Crippen molar-refractivity contribution in [3.05, 3.63) is 65.7 Å². The maximum absolute atomic E-state index is 11.5. The third-order valence-electron chi connectivity index (χ3n) is 3.67. The average molecular weight is 282 g/mol. The van der Waals surface area contributed by atoms with Crippen LogP contribution in [0.15, 0.2) is 54.6 Å². The molecule has 0 aliphatic carbocycles. The molecule has 0 saturated carbocycles. The molecular weight excluding hydrogens is 264 g/mol. The molecule has 0 radical (unpaired) electrons.